The van der Waals surface area contributed by atoms with Crippen LogP contribution in [0.5, 0.6) is 0 Å². The second-order valence-corrected chi connectivity index (χ2v) is 11.7. The molecule has 0 saturated carbocycles. The number of nitrogens with zero attached hydrogens (tertiary/aromatic N) is 1. The first-order valence-corrected chi connectivity index (χ1v) is 14.8. The van der Waals surface area contributed by atoms with Crippen LogP contribution in [-0.2, 0) is 16.0 Å². The third kappa shape index (κ3) is 7.31. The van der Waals surface area contributed by atoms with Gasteiger partial charge in [0.1, 0.15) is 5.25 Å². The summed E-state index contributed by atoms with van der Waals surface area (Å²) in [4.78, 5) is 31.4. The minimum atomic E-state index is -0.522. The van der Waals surface area contributed by atoms with E-state index in [1.807, 2.05) is 96.4 Å². The molecule has 1 atom stereocenters. The summed E-state index contributed by atoms with van der Waals surface area (Å²) in [6, 6.07) is 31.9. The van der Waals surface area contributed by atoms with Gasteiger partial charge in [0.25, 0.3) is 0 Å². The Hall–Kier alpha value is -3.62. The molecule has 5 nitrogen and oxygen atoms in total. The van der Waals surface area contributed by atoms with Crippen LogP contribution in [0.3, 0.4) is 0 Å². The van der Waals surface area contributed by atoms with Gasteiger partial charge in [0, 0.05) is 26.5 Å². The SMILES string of the molecule is O=C(Cc1ccccc1)Nc1ccc(SC(C(=O)Nc2nc(-c3ccc(Cl)cc3Cl)cs2)c2ccccc2)cc1. The monoisotopic (exact) mass is 603 g/mol. The number of halogens is 2. The maximum absolute atomic E-state index is 13.5. The third-order valence-corrected chi connectivity index (χ3v) is 8.45. The fourth-order valence-corrected chi connectivity index (χ4v) is 6.21. The van der Waals surface area contributed by atoms with E-state index in [1.165, 1.54) is 23.1 Å². The fraction of sp³-hybridized carbons (Fsp3) is 0.0645. The number of nitrogens with one attached hydrogen (secondary N) is 2. The average molecular weight is 605 g/mol. The molecule has 4 aromatic carbocycles. The summed E-state index contributed by atoms with van der Waals surface area (Å²) in [7, 11) is 0. The molecule has 9 heteroatoms. The van der Waals surface area contributed by atoms with Gasteiger partial charge in [0.05, 0.1) is 17.1 Å². The van der Waals surface area contributed by atoms with E-state index in [1.54, 1.807) is 12.1 Å². The van der Waals surface area contributed by atoms with Gasteiger partial charge in [-0.1, -0.05) is 83.9 Å². The molecule has 0 aliphatic carbocycles. The standard InChI is InChI=1S/C31H23Cl2N3O2S2/c32-22-11-16-25(26(33)18-22)27-19-39-31(35-27)36-30(38)29(21-9-5-2-6-10-21)40-24-14-12-23(13-15-24)34-28(37)17-20-7-3-1-4-8-20/h1-16,18-19,29H,17H2,(H,34,37)(H,35,36,38). The van der Waals surface area contributed by atoms with E-state index >= 15 is 0 Å². The van der Waals surface area contributed by atoms with Crippen molar-refractivity contribution in [3.63, 3.8) is 0 Å². The predicted molar refractivity (Wildman–Crippen MR) is 166 cm³/mol. The molecule has 2 amide bonds. The van der Waals surface area contributed by atoms with Gasteiger partial charge in [0.15, 0.2) is 5.13 Å². The highest BCUT2D eigenvalue weighted by Crippen LogP contribution is 2.38. The molecule has 0 spiro atoms. The summed E-state index contributed by atoms with van der Waals surface area (Å²) in [5.74, 6) is -0.282. The summed E-state index contributed by atoms with van der Waals surface area (Å²) in [6.07, 6.45) is 0.302. The summed E-state index contributed by atoms with van der Waals surface area (Å²) in [5.41, 5.74) is 3.92. The van der Waals surface area contributed by atoms with Crippen LogP contribution in [0.15, 0.2) is 113 Å². The second-order valence-electron chi connectivity index (χ2n) is 8.79. The van der Waals surface area contributed by atoms with E-state index in [-0.39, 0.29) is 11.8 Å². The molecule has 1 aromatic heterocycles. The van der Waals surface area contributed by atoms with Crippen molar-refractivity contribution in [2.75, 3.05) is 10.6 Å². The van der Waals surface area contributed by atoms with Gasteiger partial charge < -0.3 is 10.6 Å². The van der Waals surface area contributed by atoms with Crippen LogP contribution in [0.4, 0.5) is 10.8 Å². The van der Waals surface area contributed by atoms with E-state index in [2.05, 4.69) is 15.6 Å². The summed E-state index contributed by atoms with van der Waals surface area (Å²) < 4.78 is 0. The lowest BCUT2D eigenvalue weighted by molar-refractivity contribution is -0.116. The van der Waals surface area contributed by atoms with E-state index in [0.29, 0.717) is 33.0 Å². The van der Waals surface area contributed by atoms with Gasteiger partial charge in [-0.05, 0) is 53.6 Å². The second kappa shape index (κ2) is 13.2. The predicted octanol–water partition coefficient (Wildman–Crippen LogP) is 8.77. The van der Waals surface area contributed by atoms with Crippen LogP contribution in [0.2, 0.25) is 10.0 Å². The molecule has 0 radical (unpaired) electrons. The number of carbonyl (C=O) groups is 2. The largest absolute Gasteiger partial charge is 0.326 e. The molecule has 1 heterocycles. The molecular weight excluding hydrogens is 581 g/mol. The molecule has 0 aliphatic rings. The number of anilines is 2. The van der Waals surface area contributed by atoms with E-state index in [9.17, 15) is 9.59 Å². The number of thiazole rings is 1. The molecule has 1 unspecified atom stereocenters. The number of benzene rings is 4. The van der Waals surface area contributed by atoms with Crippen molar-refractivity contribution in [2.45, 2.75) is 16.6 Å². The fourth-order valence-electron chi connectivity index (χ4n) is 3.96. The first kappa shape index (κ1) is 27.9. The van der Waals surface area contributed by atoms with Crippen molar-refractivity contribution in [2.24, 2.45) is 0 Å². The highest BCUT2D eigenvalue weighted by atomic mass is 35.5. The zero-order valence-electron chi connectivity index (χ0n) is 21.0. The highest BCUT2D eigenvalue weighted by molar-refractivity contribution is 8.00. The Morgan fingerprint density at radius 2 is 1.55 bits per heavy atom. The quantitative estimate of drug-likeness (QED) is 0.165. The van der Waals surface area contributed by atoms with Crippen LogP contribution < -0.4 is 10.6 Å². The molecule has 5 aromatic rings. The van der Waals surface area contributed by atoms with Gasteiger partial charge >= 0.3 is 0 Å². The lowest BCUT2D eigenvalue weighted by atomic mass is 10.1. The highest BCUT2D eigenvalue weighted by Gasteiger charge is 2.23. The lowest BCUT2D eigenvalue weighted by Crippen LogP contribution is -2.19. The van der Waals surface area contributed by atoms with E-state index in [4.69, 9.17) is 23.2 Å². The Balaban J connectivity index is 1.27. The summed E-state index contributed by atoms with van der Waals surface area (Å²) in [6.45, 7) is 0. The smallest absolute Gasteiger partial charge is 0.244 e. The minimum Gasteiger partial charge on any atom is -0.326 e. The normalized spacial score (nSPS) is 11.6. The van der Waals surface area contributed by atoms with Crippen LogP contribution in [0, 0.1) is 0 Å². The van der Waals surface area contributed by atoms with Gasteiger partial charge in [-0.25, -0.2) is 4.98 Å². The van der Waals surface area contributed by atoms with E-state index < -0.39 is 5.25 Å². The van der Waals surface area contributed by atoms with Crippen molar-refractivity contribution >= 4 is 68.9 Å². The van der Waals surface area contributed by atoms with Crippen molar-refractivity contribution in [1.29, 1.82) is 0 Å². The Morgan fingerprint density at radius 3 is 2.25 bits per heavy atom. The van der Waals surface area contributed by atoms with Gasteiger partial charge in [-0.3, -0.25) is 9.59 Å². The number of amides is 2. The number of hydrogen-bond acceptors (Lipinski definition) is 5. The molecule has 40 heavy (non-hydrogen) atoms. The number of carbonyl (C=O) groups excluding carboxylic acids is 2. The van der Waals surface area contributed by atoms with Crippen molar-refractivity contribution in [1.82, 2.24) is 4.98 Å². The molecule has 200 valence electrons. The zero-order valence-corrected chi connectivity index (χ0v) is 24.2. The third-order valence-electron chi connectivity index (χ3n) is 5.88. The zero-order chi connectivity index (χ0) is 27.9. The van der Waals surface area contributed by atoms with E-state index in [0.717, 1.165) is 21.6 Å². The molecule has 2 N–H and O–H groups in total. The summed E-state index contributed by atoms with van der Waals surface area (Å²) in [5, 5.41) is 8.73. The maximum atomic E-state index is 13.5. The topological polar surface area (TPSA) is 71.1 Å². The van der Waals surface area contributed by atoms with Crippen molar-refractivity contribution in [3.05, 3.63) is 130 Å². The lowest BCUT2D eigenvalue weighted by Gasteiger charge is -2.16. The van der Waals surface area contributed by atoms with Crippen LogP contribution in [-0.4, -0.2) is 16.8 Å². The average Bonchev–Trinajstić information content (AvgIpc) is 3.41. The molecule has 0 fully saturated rings. The number of hydrogen-bond donors (Lipinski definition) is 2. The summed E-state index contributed by atoms with van der Waals surface area (Å²) >= 11 is 15.1. The molecule has 0 saturated heterocycles. The Bertz CT molecular complexity index is 1610. The minimum absolute atomic E-state index is 0.0872. The number of aromatic nitrogens is 1. The maximum Gasteiger partial charge on any atom is 0.244 e. The first-order chi connectivity index (χ1) is 19.4. The van der Waals surface area contributed by atoms with Gasteiger partial charge in [-0.2, -0.15) is 0 Å². The van der Waals surface area contributed by atoms with Crippen LogP contribution in [0.25, 0.3) is 11.3 Å². The molecule has 0 aliphatic heterocycles. The van der Waals surface area contributed by atoms with Crippen molar-refractivity contribution < 1.29 is 9.59 Å². The molecule has 0 bridgehead atoms. The molecule has 5 rings (SSSR count). The number of thioether (sulfide) groups is 1. The Morgan fingerprint density at radius 1 is 0.850 bits per heavy atom. The van der Waals surface area contributed by atoms with Crippen LogP contribution >= 0.6 is 46.3 Å². The Labute approximate surface area is 250 Å². The van der Waals surface area contributed by atoms with Crippen LogP contribution in [0.1, 0.15) is 16.4 Å². The Kier molecular flexibility index (Phi) is 9.19. The number of rotatable bonds is 9. The van der Waals surface area contributed by atoms with Gasteiger partial charge in [0.2, 0.25) is 11.8 Å². The first-order valence-electron chi connectivity index (χ1n) is 12.3. The van der Waals surface area contributed by atoms with Crippen molar-refractivity contribution in [3.8, 4) is 11.3 Å². The van der Waals surface area contributed by atoms with Gasteiger partial charge in [-0.15, -0.1) is 23.1 Å². The molecular formula is C31H23Cl2N3O2S2.